The minimum atomic E-state index is -3.75. The van der Waals surface area contributed by atoms with Crippen LogP contribution in [0.25, 0.3) is 0 Å². The van der Waals surface area contributed by atoms with E-state index >= 15 is 0 Å². The van der Waals surface area contributed by atoms with Gasteiger partial charge < -0.3 is 10.6 Å². The molecule has 1 fully saturated rings. The van der Waals surface area contributed by atoms with Gasteiger partial charge in [0.1, 0.15) is 9.77 Å². The number of fused-ring (bicyclic) bond motifs is 1. The van der Waals surface area contributed by atoms with Crippen LogP contribution >= 0.6 is 11.3 Å². The average Bonchev–Trinajstić information content (AvgIpc) is 3.23. The fourth-order valence-electron chi connectivity index (χ4n) is 3.74. The van der Waals surface area contributed by atoms with E-state index in [0.29, 0.717) is 19.5 Å². The molecule has 0 aliphatic carbocycles. The van der Waals surface area contributed by atoms with Gasteiger partial charge in [-0.2, -0.15) is 4.31 Å². The van der Waals surface area contributed by atoms with E-state index in [9.17, 15) is 13.2 Å². The second-order valence-electron chi connectivity index (χ2n) is 7.17. The number of hydrogen-bond acceptors (Lipinski definition) is 6. The second kappa shape index (κ2) is 8.28. The molecule has 9 heteroatoms. The lowest BCUT2D eigenvalue weighted by atomic mass is 10.1. The van der Waals surface area contributed by atoms with Crippen LogP contribution in [0.4, 0.5) is 0 Å². The number of sulfonamides is 1. The molecule has 1 atom stereocenters. The summed E-state index contributed by atoms with van der Waals surface area (Å²) < 4.78 is 27.8. The Hall–Kier alpha value is -1.81. The lowest BCUT2D eigenvalue weighted by Crippen LogP contribution is -2.43. The summed E-state index contributed by atoms with van der Waals surface area (Å²) in [5, 5.41) is 7.94. The summed E-state index contributed by atoms with van der Waals surface area (Å²) in [5.41, 5.74) is 1.86. The highest BCUT2D eigenvalue weighted by atomic mass is 32.2. The number of piperidine rings is 1. The zero-order chi connectivity index (χ0) is 19.6. The molecule has 1 saturated heterocycles. The predicted octanol–water partition coefficient (Wildman–Crippen LogP) is 1.76. The Morgan fingerprint density at radius 2 is 2.25 bits per heavy atom. The zero-order valence-electron chi connectivity index (χ0n) is 15.6. The van der Waals surface area contributed by atoms with E-state index in [1.165, 1.54) is 21.7 Å². The third kappa shape index (κ3) is 3.98. The van der Waals surface area contributed by atoms with Crippen molar-refractivity contribution < 1.29 is 13.2 Å². The van der Waals surface area contributed by atoms with E-state index in [0.717, 1.165) is 37.1 Å². The van der Waals surface area contributed by atoms with Crippen LogP contribution in [0, 0.1) is 0 Å². The quantitative estimate of drug-likeness (QED) is 0.769. The van der Waals surface area contributed by atoms with Gasteiger partial charge in [0.2, 0.25) is 10.0 Å². The van der Waals surface area contributed by atoms with Gasteiger partial charge in [-0.25, -0.2) is 8.42 Å². The van der Waals surface area contributed by atoms with Gasteiger partial charge in [0.15, 0.2) is 0 Å². The Morgan fingerprint density at radius 3 is 3.07 bits per heavy atom. The number of amides is 1. The molecule has 150 valence electrons. The number of carbonyl (C=O) groups is 1. The van der Waals surface area contributed by atoms with Crippen LogP contribution in [-0.4, -0.2) is 49.3 Å². The van der Waals surface area contributed by atoms with Gasteiger partial charge in [-0.15, -0.1) is 11.3 Å². The van der Waals surface area contributed by atoms with Gasteiger partial charge >= 0.3 is 0 Å². The molecule has 0 aromatic carbocycles. The van der Waals surface area contributed by atoms with Gasteiger partial charge in [0, 0.05) is 25.3 Å². The standard InChI is InChI=1S/C19H24N4O3S2/c24-19(22-12-15-5-1-2-8-20-15)18-17(7-11-27-18)28(25,26)23-10-6-14-4-3-9-21-16(14)13-23/h3-4,7,9,11,15,20H,1-2,5-6,8,10,12-13H2,(H,22,24)/t15-/m1/s1. The van der Waals surface area contributed by atoms with Gasteiger partial charge in [-0.05, 0) is 48.9 Å². The molecule has 1 amide bonds. The molecular weight excluding hydrogens is 396 g/mol. The molecule has 2 aromatic rings. The summed E-state index contributed by atoms with van der Waals surface area (Å²) >= 11 is 1.17. The Labute approximate surface area is 169 Å². The highest BCUT2D eigenvalue weighted by Crippen LogP contribution is 2.28. The van der Waals surface area contributed by atoms with E-state index in [4.69, 9.17) is 0 Å². The summed E-state index contributed by atoms with van der Waals surface area (Å²) in [6.45, 7) is 2.10. The van der Waals surface area contributed by atoms with Crippen molar-refractivity contribution in [3.8, 4) is 0 Å². The van der Waals surface area contributed by atoms with Crippen molar-refractivity contribution in [1.82, 2.24) is 19.9 Å². The van der Waals surface area contributed by atoms with Gasteiger partial charge in [-0.3, -0.25) is 9.78 Å². The van der Waals surface area contributed by atoms with Crippen LogP contribution in [0.2, 0.25) is 0 Å². The SMILES string of the molecule is O=C(NC[C@H]1CCCCN1)c1sccc1S(=O)(=O)N1CCc2cccnc2C1. The maximum atomic E-state index is 13.2. The highest BCUT2D eigenvalue weighted by Gasteiger charge is 2.33. The minimum absolute atomic E-state index is 0.0889. The third-order valence-electron chi connectivity index (χ3n) is 5.32. The van der Waals surface area contributed by atoms with E-state index in [2.05, 4.69) is 15.6 Å². The van der Waals surface area contributed by atoms with Crippen molar-refractivity contribution in [1.29, 1.82) is 0 Å². The average molecular weight is 421 g/mol. The first kappa shape index (κ1) is 19.5. The van der Waals surface area contributed by atoms with Gasteiger partial charge in [-0.1, -0.05) is 12.5 Å². The zero-order valence-corrected chi connectivity index (χ0v) is 17.2. The summed E-state index contributed by atoms with van der Waals surface area (Å²) in [6, 6.07) is 5.63. The van der Waals surface area contributed by atoms with Crippen molar-refractivity contribution in [3.05, 3.63) is 45.9 Å². The normalized spacial score (nSPS) is 20.5. The monoisotopic (exact) mass is 420 g/mol. The number of hydrogen-bond donors (Lipinski definition) is 2. The predicted molar refractivity (Wildman–Crippen MR) is 108 cm³/mol. The van der Waals surface area contributed by atoms with E-state index in [-0.39, 0.29) is 28.3 Å². The Bertz CT molecular complexity index is 952. The molecular formula is C19H24N4O3S2. The van der Waals surface area contributed by atoms with Crippen LogP contribution < -0.4 is 10.6 Å². The van der Waals surface area contributed by atoms with Gasteiger partial charge in [0.05, 0.1) is 12.2 Å². The summed E-state index contributed by atoms with van der Waals surface area (Å²) in [7, 11) is -3.75. The Morgan fingerprint density at radius 1 is 1.36 bits per heavy atom. The topological polar surface area (TPSA) is 91.4 Å². The summed E-state index contributed by atoms with van der Waals surface area (Å²) in [4.78, 5) is 17.3. The van der Waals surface area contributed by atoms with Crippen LogP contribution in [0.15, 0.2) is 34.7 Å². The van der Waals surface area contributed by atoms with E-state index in [1.54, 1.807) is 11.6 Å². The summed E-state index contributed by atoms with van der Waals surface area (Å²) in [6.07, 6.45) is 5.64. The Balaban J connectivity index is 1.49. The fourth-order valence-corrected chi connectivity index (χ4v) is 6.46. The van der Waals surface area contributed by atoms with E-state index < -0.39 is 10.0 Å². The molecule has 0 radical (unpaired) electrons. The molecule has 28 heavy (non-hydrogen) atoms. The van der Waals surface area contributed by atoms with Crippen LogP contribution in [0.5, 0.6) is 0 Å². The van der Waals surface area contributed by atoms with Crippen LogP contribution in [0.3, 0.4) is 0 Å². The highest BCUT2D eigenvalue weighted by molar-refractivity contribution is 7.89. The van der Waals surface area contributed by atoms with E-state index in [1.807, 2.05) is 12.1 Å². The first-order valence-electron chi connectivity index (χ1n) is 9.57. The maximum Gasteiger partial charge on any atom is 0.262 e. The third-order valence-corrected chi connectivity index (χ3v) is 8.25. The largest absolute Gasteiger partial charge is 0.350 e. The smallest absolute Gasteiger partial charge is 0.262 e. The number of nitrogens with one attached hydrogen (secondary N) is 2. The molecule has 0 bridgehead atoms. The number of carbonyl (C=O) groups excluding carboxylic acids is 1. The number of thiophene rings is 1. The molecule has 0 spiro atoms. The fraction of sp³-hybridized carbons (Fsp3) is 0.474. The lowest BCUT2D eigenvalue weighted by molar-refractivity contribution is 0.0948. The number of pyridine rings is 1. The molecule has 7 nitrogen and oxygen atoms in total. The first-order valence-corrected chi connectivity index (χ1v) is 11.9. The van der Waals surface area contributed by atoms with Gasteiger partial charge in [0.25, 0.3) is 5.91 Å². The summed E-state index contributed by atoms with van der Waals surface area (Å²) in [5.74, 6) is -0.323. The Kier molecular flexibility index (Phi) is 5.77. The lowest BCUT2D eigenvalue weighted by Gasteiger charge is -2.27. The van der Waals surface area contributed by atoms with Crippen molar-refractivity contribution in [2.45, 2.75) is 43.2 Å². The molecule has 2 aliphatic heterocycles. The molecule has 2 N–H and O–H groups in total. The molecule has 4 heterocycles. The maximum absolute atomic E-state index is 13.2. The number of rotatable bonds is 5. The first-order chi connectivity index (χ1) is 13.6. The van der Waals surface area contributed by atoms with Crippen molar-refractivity contribution in [2.75, 3.05) is 19.6 Å². The number of nitrogens with zero attached hydrogens (tertiary/aromatic N) is 2. The molecule has 2 aliphatic rings. The molecule has 0 unspecified atom stereocenters. The second-order valence-corrected chi connectivity index (χ2v) is 9.99. The van der Waals surface area contributed by atoms with Crippen molar-refractivity contribution in [2.24, 2.45) is 0 Å². The van der Waals surface area contributed by atoms with Crippen LogP contribution in [-0.2, 0) is 23.0 Å². The van der Waals surface area contributed by atoms with Crippen molar-refractivity contribution in [3.63, 3.8) is 0 Å². The van der Waals surface area contributed by atoms with Crippen molar-refractivity contribution >= 4 is 27.3 Å². The molecule has 0 saturated carbocycles. The molecule has 4 rings (SSSR count). The minimum Gasteiger partial charge on any atom is -0.350 e. The number of aromatic nitrogens is 1. The molecule has 2 aromatic heterocycles. The van der Waals surface area contributed by atoms with Crippen LogP contribution in [0.1, 0.15) is 40.2 Å².